The van der Waals surface area contributed by atoms with Gasteiger partial charge in [-0.15, -0.1) is 0 Å². The van der Waals surface area contributed by atoms with Crippen molar-refractivity contribution in [3.63, 3.8) is 0 Å². The average Bonchev–Trinajstić information content (AvgIpc) is 2.76. The Labute approximate surface area is 119 Å². The summed E-state index contributed by atoms with van der Waals surface area (Å²) in [6, 6.07) is 5.15. The molecule has 108 valence electrons. The molecule has 0 amide bonds. The molecule has 0 atom stereocenters. The predicted octanol–water partition coefficient (Wildman–Crippen LogP) is 3.94. The fraction of sp³-hybridized carbons (Fsp3) is 0.438. The number of anilines is 1. The summed E-state index contributed by atoms with van der Waals surface area (Å²) in [7, 11) is 0. The Hall–Kier alpha value is -1.84. The van der Waals surface area contributed by atoms with E-state index in [4.69, 9.17) is 5.73 Å². The van der Waals surface area contributed by atoms with Crippen molar-refractivity contribution >= 4 is 5.82 Å². The van der Waals surface area contributed by atoms with Crippen LogP contribution in [0, 0.1) is 12.7 Å². The molecule has 2 N–H and O–H groups in total. The minimum atomic E-state index is -0.219. The molecule has 1 aromatic heterocycles. The lowest BCUT2D eigenvalue weighted by atomic mass is 10.1. The van der Waals surface area contributed by atoms with Gasteiger partial charge < -0.3 is 10.3 Å². The number of nitrogens with two attached hydrogens (primary N) is 1. The SMILES string of the molecule is CCCCn1c(CC)nc(-c2ccc(C)c(F)c2)c1N. The second kappa shape index (κ2) is 6.07. The fourth-order valence-electron chi connectivity index (χ4n) is 2.30. The molecule has 0 saturated carbocycles. The standard InChI is InChI=1S/C16H22FN3/c1-4-6-9-20-14(5-2)19-15(16(20)18)12-8-7-11(3)13(17)10-12/h7-8,10H,4-6,9,18H2,1-3H3. The Bertz CT molecular complexity index is 602. The molecule has 0 spiro atoms. The molecule has 3 nitrogen and oxygen atoms in total. The number of halogens is 1. The van der Waals surface area contributed by atoms with Crippen molar-refractivity contribution in [1.82, 2.24) is 9.55 Å². The minimum Gasteiger partial charge on any atom is -0.383 e. The van der Waals surface area contributed by atoms with E-state index in [0.29, 0.717) is 17.1 Å². The number of hydrogen-bond donors (Lipinski definition) is 1. The number of unbranched alkanes of at least 4 members (excludes halogenated alkanes) is 1. The Balaban J connectivity index is 2.46. The highest BCUT2D eigenvalue weighted by Crippen LogP contribution is 2.28. The largest absolute Gasteiger partial charge is 0.383 e. The van der Waals surface area contributed by atoms with Gasteiger partial charge in [0.05, 0.1) is 0 Å². The number of imidazole rings is 1. The van der Waals surface area contributed by atoms with E-state index in [-0.39, 0.29) is 5.82 Å². The Morgan fingerprint density at radius 2 is 2.05 bits per heavy atom. The Morgan fingerprint density at radius 3 is 2.65 bits per heavy atom. The maximum absolute atomic E-state index is 13.7. The summed E-state index contributed by atoms with van der Waals surface area (Å²) in [6.45, 7) is 6.82. The van der Waals surface area contributed by atoms with Gasteiger partial charge in [-0.05, 0) is 25.0 Å². The molecule has 0 radical (unpaired) electrons. The summed E-state index contributed by atoms with van der Waals surface area (Å²) in [5, 5.41) is 0. The van der Waals surface area contributed by atoms with Gasteiger partial charge in [0.25, 0.3) is 0 Å². The van der Waals surface area contributed by atoms with Gasteiger partial charge in [-0.1, -0.05) is 32.4 Å². The Morgan fingerprint density at radius 1 is 1.30 bits per heavy atom. The molecule has 0 unspecified atom stereocenters. The van der Waals surface area contributed by atoms with Crippen LogP contribution in [0.25, 0.3) is 11.3 Å². The number of aromatic nitrogens is 2. The minimum absolute atomic E-state index is 0.219. The number of nitrogen functional groups attached to an aromatic ring is 1. The number of benzene rings is 1. The van der Waals surface area contributed by atoms with Gasteiger partial charge in [-0.3, -0.25) is 0 Å². The van der Waals surface area contributed by atoms with Gasteiger partial charge in [0, 0.05) is 18.5 Å². The van der Waals surface area contributed by atoms with Crippen LogP contribution >= 0.6 is 0 Å². The molecular weight excluding hydrogens is 253 g/mol. The van der Waals surface area contributed by atoms with Crippen molar-refractivity contribution in [3.8, 4) is 11.3 Å². The second-order valence-corrected chi connectivity index (χ2v) is 5.08. The first-order valence-electron chi connectivity index (χ1n) is 7.19. The van der Waals surface area contributed by atoms with E-state index in [1.165, 1.54) is 6.07 Å². The van der Waals surface area contributed by atoms with Crippen molar-refractivity contribution in [1.29, 1.82) is 0 Å². The highest BCUT2D eigenvalue weighted by molar-refractivity contribution is 5.71. The van der Waals surface area contributed by atoms with Crippen LogP contribution in [0.1, 0.15) is 38.1 Å². The number of hydrogen-bond acceptors (Lipinski definition) is 2. The van der Waals surface area contributed by atoms with Crippen LogP contribution in [0.5, 0.6) is 0 Å². The van der Waals surface area contributed by atoms with Crippen LogP contribution in [-0.4, -0.2) is 9.55 Å². The van der Waals surface area contributed by atoms with Crippen molar-refractivity contribution in [3.05, 3.63) is 35.4 Å². The zero-order valence-corrected chi connectivity index (χ0v) is 12.4. The maximum Gasteiger partial charge on any atom is 0.131 e. The molecule has 0 saturated heterocycles. The molecule has 0 fully saturated rings. The van der Waals surface area contributed by atoms with Gasteiger partial charge in [0.1, 0.15) is 23.2 Å². The number of nitrogens with zero attached hydrogens (tertiary/aromatic N) is 2. The van der Waals surface area contributed by atoms with E-state index < -0.39 is 0 Å². The lowest BCUT2D eigenvalue weighted by molar-refractivity contribution is 0.612. The van der Waals surface area contributed by atoms with Gasteiger partial charge >= 0.3 is 0 Å². The van der Waals surface area contributed by atoms with E-state index in [9.17, 15) is 4.39 Å². The van der Waals surface area contributed by atoms with E-state index in [0.717, 1.165) is 37.2 Å². The first-order chi connectivity index (χ1) is 9.58. The molecule has 0 aliphatic heterocycles. The van der Waals surface area contributed by atoms with Gasteiger partial charge in [0.2, 0.25) is 0 Å². The van der Waals surface area contributed by atoms with E-state index >= 15 is 0 Å². The lowest BCUT2D eigenvalue weighted by Gasteiger charge is -2.08. The van der Waals surface area contributed by atoms with Crippen LogP contribution in [0.2, 0.25) is 0 Å². The zero-order valence-electron chi connectivity index (χ0n) is 12.4. The average molecular weight is 275 g/mol. The summed E-state index contributed by atoms with van der Waals surface area (Å²) >= 11 is 0. The van der Waals surface area contributed by atoms with Crippen LogP contribution in [0.3, 0.4) is 0 Å². The highest BCUT2D eigenvalue weighted by Gasteiger charge is 2.15. The maximum atomic E-state index is 13.7. The lowest BCUT2D eigenvalue weighted by Crippen LogP contribution is -2.06. The van der Waals surface area contributed by atoms with Gasteiger partial charge in [-0.25, -0.2) is 9.37 Å². The third kappa shape index (κ3) is 2.69. The summed E-state index contributed by atoms with van der Waals surface area (Å²) in [5.74, 6) is 1.38. The molecule has 0 aliphatic rings. The van der Waals surface area contributed by atoms with E-state index in [1.54, 1.807) is 13.0 Å². The molecule has 0 aliphatic carbocycles. The topological polar surface area (TPSA) is 43.8 Å². The molecule has 1 heterocycles. The van der Waals surface area contributed by atoms with Crippen molar-refractivity contribution in [2.75, 3.05) is 5.73 Å². The molecule has 4 heteroatoms. The smallest absolute Gasteiger partial charge is 0.131 e. The number of rotatable bonds is 5. The Kier molecular flexibility index (Phi) is 4.42. The second-order valence-electron chi connectivity index (χ2n) is 5.08. The predicted molar refractivity (Wildman–Crippen MR) is 81.1 cm³/mol. The third-order valence-electron chi connectivity index (χ3n) is 3.58. The summed E-state index contributed by atoms with van der Waals surface area (Å²) in [5.41, 5.74) is 8.29. The normalized spacial score (nSPS) is 11.0. The van der Waals surface area contributed by atoms with Crippen molar-refractivity contribution in [2.45, 2.75) is 46.6 Å². The van der Waals surface area contributed by atoms with E-state index in [2.05, 4.69) is 23.4 Å². The molecule has 2 aromatic rings. The molecule has 0 bridgehead atoms. The summed E-state index contributed by atoms with van der Waals surface area (Å²) < 4.78 is 15.8. The third-order valence-corrected chi connectivity index (χ3v) is 3.58. The molecule has 20 heavy (non-hydrogen) atoms. The van der Waals surface area contributed by atoms with Crippen LogP contribution in [-0.2, 0) is 13.0 Å². The first-order valence-corrected chi connectivity index (χ1v) is 7.19. The summed E-state index contributed by atoms with van der Waals surface area (Å²) in [6.07, 6.45) is 2.99. The monoisotopic (exact) mass is 275 g/mol. The van der Waals surface area contributed by atoms with E-state index in [1.807, 2.05) is 6.07 Å². The van der Waals surface area contributed by atoms with Crippen molar-refractivity contribution in [2.24, 2.45) is 0 Å². The molecular formula is C16H22FN3. The molecule has 1 aromatic carbocycles. The number of aryl methyl sites for hydroxylation is 2. The quantitative estimate of drug-likeness (QED) is 0.898. The fourth-order valence-corrected chi connectivity index (χ4v) is 2.30. The van der Waals surface area contributed by atoms with Crippen LogP contribution < -0.4 is 5.73 Å². The zero-order chi connectivity index (χ0) is 14.7. The highest BCUT2D eigenvalue weighted by atomic mass is 19.1. The van der Waals surface area contributed by atoms with Crippen LogP contribution in [0.4, 0.5) is 10.2 Å². The first kappa shape index (κ1) is 14.6. The molecule has 2 rings (SSSR count). The summed E-state index contributed by atoms with van der Waals surface area (Å²) in [4.78, 5) is 4.59. The van der Waals surface area contributed by atoms with Gasteiger partial charge in [0.15, 0.2) is 0 Å². The van der Waals surface area contributed by atoms with Crippen molar-refractivity contribution < 1.29 is 4.39 Å². The van der Waals surface area contributed by atoms with Gasteiger partial charge in [-0.2, -0.15) is 0 Å². The van der Waals surface area contributed by atoms with Crippen LogP contribution in [0.15, 0.2) is 18.2 Å².